The van der Waals surface area contributed by atoms with Crippen molar-refractivity contribution in [2.24, 2.45) is 0 Å². The third kappa shape index (κ3) is 9.26. The van der Waals surface area contributed by atoms with Crippen LogP contribution >= 0.6 is 0 Å². The predicted octanol–water partition coefficient (Wildman–Crippen LogP) is -2.17. The van der Waals surface area contributed by atoms with E-state index >= 15 is 0 Å². The fourth-order valence-electron chi connectivity index (χ4n) is 0. The molecule has 0 spiro atoms. The van der Waals surface area contributed by atoms with E-state index in [0.29, 0.717) is 0 Å². The summed E-state index contributed by atoms with van der Waals surface area (Å²) < 4.78 is 0. The minimum absolute atomic E-state index is 0. The van der Waals surface area contributed by atoms with E-state index in [-0.39, 0.29) is 65.2 Å². The van der Waals surface area contributed by atoms with Crippen LogP contribution in [0.2, 0.25) is 0 Å². The second-order valence-corrected chi connectivity index (χ2v) is 0. The normalized spacial score (nSPS) is 0. The molecule has 0 aromatic rings. The van der Waals surface area contributed by atoms with E-state index in [1.165, 1.54) is 0 Å². The van der Waals surface area contributed by atoms with Gasteiger partial charge >= 0.3 is 23.1 Å². The third-order valence-corrected chi connectivity index (χ3v) is 0. The number of rotatable bonds is 0. The predicted molar refractivity (Wildman–Crippen MR) is 21.5 cm³/mol. The Bertz CT molecular complexity index is 13.5. The third-order valence-electron chi connectivity index (χ3n) is 0. The Hall–Kier alpha value is 1.75. The molecule has 0 atom stereocenters. The van der Waals surface area contributed by atoms with Gasteiger partial charge in [-0.25, -0.2) is 0 Å². The smallest absolute Gasteiger partial charge is 1.00 e. The Morgan fingerprint density at radius 3 is 1.25 bits per heavy atom. The monoisotopic (exact) mass is 132 g/mol. The molecule has 0 heterocycles. The van der Waals surface area contributed by atoms with Crippen molar-refractivity contribution >= 4 is 40.4 Å². The average molecular weight is 133 g/mol. The van der Waals surface area contributed by atoms with Gasteiger partial charge in [0.2, 0.25) is 0 Å². The van der Waals surface area contributed by atoms with Crippen LogP contribution in [-0.2, 0) is 16.5 Å². The van der Waals surface area contributed by atoms with Gasteiger partial charge in [-0.1, -0.05) is 0 Å². The molecule has 0 amide bonds. The molecule has 0 rings (SSSR count). The largest absolute Gasteiger partial charge is 2.00 e. The van der Waals surface area contributed by atoms with Gasteiger partial charge in [0.05, 0.1) is 0 Å². The summed E-state index contributed by atoms with van der Waals surface area (Å²) in [5, 5.41) is 0. The van der Waals surface area contributed by atoms with Crippen LogP contribution in [0.25, 0.3) is 0 Å². The zero-order valence-corrected chi connectivity index (χ0v) is 3.93. The minimum Gasteiger partial charge on any atom is -1.00 e. The summed E-state index contributed by atoms with van der Waals surface area (Å²) in [6, 6.07) is 0. The Kier molecular flexibility index (Phi) is 231. The van der Waals surface area contributed by atoms with E-state index in [0.717, 1.165) is 0 Å². The fourth-order valence-corrected chi connectivity index (χ4v) is 0. The molecule has 28 valence electrons. The van der Waals surface area contributed by atoms with E-state index in [1.54, 1.807) is 0 Å². The zero-order valence-electron chi connectivity index (χ0n) is 3.52. The van der Waals surface area contributed by atoms with Crippen LogP contribution in [0.15, 0.2) is 0 Å². The van der Waals surface area contributed by atoms with Gasteiger partial charge in [0, 0.05) is 16.5 Å². The molecule has 2 N–H and O–H groups in total. The molecule has 0 unspecified atom stereocenters. The summed E-state index contributed by atoms with van der Waals surface area (Å²) in [5.41, 5.74) is 0. The van der Waals surface area contributed by atoms with E-state index in [2.05, 4.69) is 0 Å². The maximum Gasteiger partial charge on any atom is 2.00 e. The van der Waals surface area contributed by atoms with Crippen molar-refractivity contribution in [3.8, 4) is 0 Å². The summed E-state index contributed by atoms with van der Waals surface area (Å²) >= 11 is 0. The summed E-state index contributed by atoms with van der Waals surface area (Å²) in [4.78, 5) is 0. The van der Waals surface area contributed by atoms with Gasteiger partial charge in [-0.05, 0) is 0 Å². The standard InChI is InChI=1S/Al.Mg.Ni.H2O.5H/h;;;1H2;;;;;/q;+2;;;;;;2*-1. The van der Waals surface area contributed by atoms with E-state index in [1.807, 2.05) is 0 Å². The molecule has 0 bridgehead atoms. The molecule has 0 aromatic heterocycles. The van der Waals surface area contributed by atoms with Gasteiger partial charge in [-0.2, -0.15) is 0 Å². The molecular formula is H7AlMgNiO. The van der Waals surface area contributed by atoms with Crippen LogP contribution in [0.4, 0.5) is 0 Å². The molecule has 0 saturated heterocycles. The van der Waals surface area contributed by atoms with Crippen molar-refractivity contribution < 1.29 is 24.8 Å². The molecule has 0 radical (unpaired) electrons. The molecule has 0 aliphatic rings. The zero-order chi connectivity index (χ0) is 0. The number of hydrogen-bond acceptors (Lipinski definition) is 0. The minimum atomic E-state index is 0. The topological polar surface area (TPSA) is 31.5 Å². The molecule has 0 aromatic carbocycles. The Labute approximate surface area is 65.0 Å². The SMILES string of the molecule is O.[AlH3].[H-].[H-].[Mg+2].[Ni]. The molecule has 4 heavy (non-hydrogen) atoms. The summed E-state index contributed by atoms with van der Waals surface area (Å²) in [6.45, 7) is 0. The molecule has 4 heteroatoms. The van der Waals surface area contributed by atoms with Crippen molar-refractivity contribution in [2.75, 3.05) is 0 Å². The van der Waals surface area contributed by atoms with Crippen molar-refractivity contribution in [2.45, 2.75) is 0 Å². The maximum absolute atomic E-state index is 0. The van der Waals surface area contributed by atoms with Crippen LogP contribution in [-0.4, -0.2) is 45.9 Å². The molecule has 0 fully saturated rings. The average Bonchev–Trinajstić information content (AvgIpc) is 0. The first-order chi connectivity index (χ1) is 0. The molecule has 0 aliphatic heterocycles. The van der Waals surface area contributed by atoms with Crippen molar-refractivity contribution in [3.63, 3.8) is 0 Å². The fraction of sp³-hybridized carbons (Fsp3) is 0. The van der Waals surface area contributed by atoms with Crippen molar-refractivity contribution in [1.82, 2.24) is 0 Å². The van der Waals surface area contributed by atoms with Crippen molar-refractivity contribution in [1.29, 1.82) is 0 Å². The second kappa shape index (κ2) is 21.8. The van der Waals surface area contributed by atoms with Crippen LogP contribution in [0.1, 0.15) is 2.85 Å². The molecule has 1 nitrogen and oxygen atoms in total. The van der Waals surface area contributed by atoms with Gasteiger partial charge in [0.25, 0.3) is 0 Å². The van der Waals surface area contributed by atoms with Crippen LogP contribution in [0.3, 0.4) is 0 Å². The van der Waals surface area contributed by atoms with Gasteiger partial charge in [-0.3, -0.25) is 0 Å². The first-order valence-corrected chi connectivity index (χ1v) is 0. The Morgan fingerprint density at radius 1 is 1.25 bits per heavy atom. The van der Waals surface area contributed by atoms with Crippen LogP contribution < -0.4 is 0 Å². The quantitative estimate of drug-likeness (QED) is 0.337. The molecule has 0 saturated carbocycles. The molecular weight excluding hydrogens is 126 g/mol. The Balaban J connectivity index is 0. The second-order valence-electron chi connectivity index (χ2n) is 0. The van der Waals surface area contributed by atoms with E-state index < -0.39 is 0 Å². The van der Waals surface area contributed by atoms with Gasteiger partial charge in [-0.15, -0.1) is 0 Å². The van der Waals surface area contributed by atoms with Gasteiger partial charge < -0.3 is 8.33 Å². The summed E-state index contributed by atoms with van der Waals surface area (Å²) in [7, 11) is 0. The van der Waals surface area contributed by atoms with Crippen LogP contribution in [0.5, 0.6) is 0 Å². The van der Waals surface area contributed by atoms with E-state index in [9.17, 15) is 0 Å². The first-order valence-electron chi connectivity index (χ1n) is 0. The van der Waals surface area contributed by atoms with Gasteiger partial charge in [0.1, 0.15) is 0 Å². The summed E-state index contributed by atoms with van der Waals surface area (Å²) in [5.74, 6) is 0. The van der Waals surface area contributed by atoms with Gasteiger partial charge in [0.15, 0.2) is 17.4 Å². The molecule has 0 aliphatic carbocycles. The van der Waals surface area contributed by atoms with Crippen molar-refractivity contribution in [3.05, 3.63) is 0 Å². The first kappa shape index (κ1) is 42.3. The summed E-state index contributed by atoms with van der Waals surface area (Å²) in [6.07, 6.45) is 0. The Morgan fingerprint density at radius 2 is 1.25 bits per heavy atom. The van der Waals surface area contributed by atoms with E-state index in [4.69, 9.17) is 0 Å². The maximum atomic E-state index is 0. The van der Waals surface area contributed by atoms with Crippen LogP contribution in [0, 0.1) is 0 Å². The number of hydrogen-bond donors (Lipinski definition) is 0.